The smallest absolute Gasteiger partial charge is 0.145 e. The van der Waals surface area contributed by atoms with Crippen LogP contribution in [0, 0.1) is 5.92 Å². The Morgan fingerprint density at radius 3 is 2.51 bits per heavy atom. The van der Waals surface area contributed by atoms with Gasteiger partial charge in [-0.15, -0.1) is 0 Å². The third-order valence-corrected chi connectivity index (χ3v) is 8.14. The molecule has 3 heterocycles. The Kier molecular flexibility index (Phi) is 5.63. The Bertz CT molecular complexity index is 2060. The van der Waals surface area contributed by atoms with E-state index in [0.29, 0.717) is 5.92 Å². The lowest BCUT2D eigenvalue weighted by molar-refractivity contribution is 0.559. The molecule has 0 saturated carbocycles. The highest BCUT2D eigenvalue weighted by Crippen LogP contribution is 2.32. The molecule has 0 saturated heterocycles. The van der Waals surface area contributed by atoms with Gasteiger partial charge in [-0.05, 0) is 64.4 Å². The third-order valence-electron chi connectivity index (χ3n) is 8.14. The zero-order valence-electron chi connectivity index (χ0n) is 22.5. The zero-order chi connectivity index (χ0) is 27.2. The number of aromatic nitrogens is 2. The van der Waals surface area contributed by atoms with Crippen LogP contribution in [0.15, 0.2) is 150 Å². The lowest BCUT2D eigenvalue weighted by Crippen LogP contribution is -2.29. The van der Waals surface area contributed by atoms with Gasteiger partial charge in [0.2, 0.25) is 0 Å². The number of nitrogens with one attached hydrogen (secondary N) is 1. The quantitative estimate of drug-likeness (QED) is 0.250. The number of aliphatic imine (C=N–C) groups is 1. The predicted molar refractivity (Wildman–Crippen MR) is 169 cm³/mol. The molecule has 2 aliphatic rings. The SMILES string of the molecule is C1=CCC(C2=CC(c3ccccc3)=NC(c3cccc(-c4ccc5nc6c7ccccc7ccn6c5c4)c3)N2)C=C1. The first-order chi connectivity index (χ1) is 20.3. The summed E-state index contributed by atoms with van der Waals surface area (Å²) in [6, 6.07) is 36.4. The van der Waals surface area contributed by atoms with Crippen LogP contribution in [0.2, 0.25) is 0 Å². The van der Waals surface area contributed by atoms with Crippen molar-refractivity contribution in [3.05, 3.63) is 157 Å². The summed E-state index contributed by atoms with van der Waals surface area (Å²) in [5, 5.41) is 6.12. The van der Waals surface area contributed by atoms with Crippen molar-refractivity contribution in [1.29, 1.82) is 0 Å². The zero-order valence-corrected chi connectivity index (χ0v) is 22.5. The normalized spacial score (nSPS) is 18.4. The fourth-order valence-corrected chi connectivity index (χ4v) is 6.01. The van der Waals surface area contributed by atoms with Gasteiger partial charge in [-0.3, -0.25) is 9.39 Å². The molecular formula is C37H28N4. The van der Waals surface area contributed by atoms with Crippen molar-refractivity contribution in [2.24, 2.45) is 10.9 Å². The van der Waals surface area contributed by atoms with Crippen LogP contribution < -0.4 is 5.32 Å². The first kappa shape index (κ1) is 23.6. The van der Waals surface area contributed by atoms with Gasteiger partial charge in [-0.2, -0.15) is 0 Å². The van der Waals surface area contributed by atoms with Gasteiger partial charge in [0.05, 0.1) is 16.7 Å². The maximum atomic E-state index is 5.19. The van der Waals surface area contributed by atoms with Gasteiger partial charge in [0, 0.05) is 23.2 Å². The first-order valence-electron chi connectivity index (χ1n) is 14.1. The number of benzene rings is 4. The van der Waals surface area contributed by atoms with E-state index in [9.17, 15) is 0 Å². The topological polar surface area (TPSA) is 41.7 Å². The summed E-state index contributed by atoms with van der Waals surface area (Å²) < 4.78 is 2.20. The molecule has 8 rings (SSSR count). The Labute approximate surface area is 238 Å². The number of pyridine rings is 1. The molecule has 4 heteroatoms. The van der Waals surface area contributed by atoms with Crippen molar-refractivity contribution in [3.8, 4) is 11.1 Å². The van der Waals surface area contributed by atoms with Crippen LogP contribution in [0.3, 0.4) is 0 Å². The van der Waals surface area contributed by atoms with Crippen LogP contribution in [0.5, 0.6) is 0 Å². The number of rotatable bonds is 4. The van der Waals surface area contributed by atoms with Gasteiger partial charge in [-0.1, -0.05) is 103 Å². The van der Waals surface area contributed by atoms with E-state index in [0.717, 1.165) is 56.5 Å². The highest BCUT2D eigenvalue weighted by Gasteiger charge is 2.23. The second kappa shape index (κ2) is 9.76. The largest absolute Gasteiger partial charge is 0.363 e. The molecule has 2 aromatic heterocycles. The van der Waals surface area contributed by atoms with Gasteiger partial charge in [-0.25, -0.2) is 4.98 Å². The number of hydrogen-bond donors (Lipinski definition) is 1. The molecule has 0 fully saturated rings. The summed E-state index contributed by atoms with van der Waals surface area (Å²) >= 11 is 0. The number of nitrogens with zero attached hydrogens (tertiary/aromatic N) is 3. The highest BCUT2D eigenvalue weighted by molar-refractivity contribution is 6.09. The van der Waals surface area contributed by atoms with E-state index in [2.05, 4.69) is 149 Å². The molecule has 1 N–H and O–H groups in total. The van der Waals surface area contributed by atoms with Crippen molar-refractivity contribution in [3.63, 3.8) is 0 Å². The summed E-state index contributed by atoms with van der Waals surface area (Å²) in [6.07, 6.45) is 13.9. The average molecular weight is 529 g/mol. The van der Waals surface area contributed by atoms with Crippen molar-refractivity contribution < 1.29 is 0 Å². The van der Waals surface area contributed by atoms with E-state index < -0.39 is 0 Å². The molecule has 2 atom stereocenters. The minimum Gasteiger partial charge on any atom is -0.363 e. The van der Waals surface area contributed by atoms with E-state index in [1.165, 1.54) is 11.1 Å². The fourth-order valence-electron chi connectivity index (χ4n) is 6.01. The Morgan fingerprint density at radius 2 is 1.61 bits per heavy atom. The molecule has 4 aromatic carbocycles. The average Bonchev–Trinajstić information content (AvgIpc) is 3.44. The summed E-state index contributed by atoms with van der Waals surface area (Å²) in [4.78, 5) is 10.2. The van der Waals surface area contributed by atoms with Crippen LogP contribution in [0.1, 0.15) is 23.7 Å². The second-order valence-electron chi connectivity index (χ2n) is 10.7. The highest BCUT2D eigenvalue weighted by atomic mass is 15.1. The van der Waals surface area contributed by atoms with Gasteiger partial charge in [0.25, 0.3) is 0 Å². The van der Waals surface area contributed by atoms with E-state index >= 15 is 0 Å². The summed E-state index contributed by atoms with van der Waals surface area (Å²) in [7, 11) is 0. The summed E-state index contributed by atoms with van der Waals surface area (Å²) in [5.41, 5.74) is 9.90. The number of hydrogen-bond acceptors (Lipinski definition) is 3. The van der Waals surface area contributed by atoms with E-state index in [1.54, 1.807) is 0 Å². The van der Waals surface area contributed by atoms with Crippen LogP contribution >= 0.6 is 0 Å². The molecule has 0 spiro atoms. The number of fused-ring (bicyclic) bond motifs is 5. The number of imidazole rings is 1. The van der Waals surface area contributed by atoms with E-state index in [4.69, 9.17) is 9.98 Å². The van der Waals surface area contributed by atoms with Crippen molar-refractivity contribution >= 4 is 33.2 Å². The summed E-state index contributed by atoms with van der Waals surface area (Å²) in [5.74, 6) is 0.313. The van der Waals surface area contributed by atoms with Crippen LogP contribution in [-0.4, -0.2) is 15.1 Å². The Morgan fingerprint density at radius 1 is 0.756 bits per heavy atom. The molecule has 4 nitrogen and oxygen atoms in total. The van der Waals surface area contributed by atoms with E-state index in [1.807, 2.05) is 0 Å². The fraction of sp³-hybridized carbons (Fsp3) is 0.0811. The van der Waals surface area contributed by atoms with Gasteiger partial charge >= 0.3 is 0 Å². The monoisotopic (exact) mass is 528 g/mol. The minimum absolute atomic E-state index is 0.171. The maximum Gasteiger partial charge on any atom is 0.145 e. The predicted octanol–water partition coefficient (Wildman–Crippen LogP) is 8.42. The van der Waals surface area contributed by atoms with Crippen LogP contribution in [0.4, 0.5) is 0 Å². The molecule has 0 radical (unpaired) electrons. The van der Waals surface area contributed by atoms with Crippen LogP contribution in [0.25, 0.3) is 38.6 Å². The molecular weight excluding hydrogens is 500 g/mol. The molecule has 41 heavy (non-hydrogen) atoms. The first-order valence-corrected chi connectivity index (χ1v) is 14.1. The molecule has 1 aliphatic carbocycles. The third kappa shape index (κ3) is 4.25. The lowest BCUT2D eigenvalue weighted by atomic mass is 9.93. The molecule has 2 unspecified atom stereocenters. The molecule has 1 aliphatic heterocycles. The summed E-state index contributed by atoms with van der Waals surface area (Å²) in [6.45, 7) is 0. The van der Waals surface area contributed by atoms with Crippen LogP contribution in [-0.2, 0) is 0 Å². The van der Waals surface area contributed by atoms with Crippen molar-refractivity contribution in [1.82, 2.24) is 14.7 Å². The molecule has 6 aromatic rings. The lowest BCUT2D eigenvalue weighted by Gasteiger charge is -2.28. The van der Waals surface area contributed by atoms with Gasteiger partial charge in [0.1, 0.15) is 11.8 Å². The molecule has 0 bridgehead atoms. The Balaban J connectivity index is 1.19. The standard InChI is InChI=1S/C37H28N4/c1-3-11-26(12-4-1)33-24-34(27-13-5-2-6-14-27)39-36(38-33)30-16-9-15-28(22-30)29-18-19-32-35(23-29)41-21-20-25-10-7-8-17-31(25)37(41)40-32/h1-13,15-24,27,36,39H,14H2. The number of allylic oxidation sites excluding steroid dienone is 5. The van der Waals surface area contributed by atoms with Gasteiger partial charge in [0.15, 0.2) is 0 Å². The second-order valence-corrected chi connectivity index (χ2v) is 10.7. The molecule has 0 amide bonds. The molecule has 196 valence electrons. The van der Waals surface area contributed by atoms with E-state index in [-0.39, 0.29) is 6.17 Å². The van der Waals surface area contributed by atoms with Crippen molar-refractivity contribution in [2.75, 3.05) is 0 Å². The maximum absolute atomic E-state index is 5.19. The van der Waals surface area contributed by atoms with Crippen molar-refractivity contribution in [2.45, 2.75) is 12.6 Å². The Hall–Kier alpha value is -5.22. The minimum atomic E-state index is -0.171. The van der Waals surface area contributed by atoms with Gasteiger partial charge < -0.3 is 5.32 Å².